The van der Waals surface area contributed by atoms with Crippen molar-refractivity contribution in [3.63, 3.8) is 0 Å². The molecule has 0 aliphatic rings. The SMILES string of the molecule is CCOC(=O)C(C#N)Cc1cnc(Cl)cn1. The summed E-state index contributed by atoms with van der Waals surface area (Å²) < 4.78 is 4.76. The van der Waals surface area contributed by atoms with Crippen LogP contribution in [0.1, 0.15) is 12.6 Å². The molecule has 0 bridgehead atoms. The number of rotatable bonds is 4. The van der Waals surface area contributed by atoms with Crippen molar-refractivity contribution in [2.45, 2.75) is 13.3 Å². The number of hydrogen-bond donors (Lipinski definition) is 0. The van der Waals surface area contributed by atoms with Crippen molar-refractivity contribution in [2.75, 3.05) is 6.61 Å². The van der Waals surface area contributed by atoms with Crippen LogP contribution in [0.3, 0.4) is 0 Å². The van der Waals surface area contributed by atoms with Crippen molar-refractivity contribution in [3.8, 4) is 6.07 Å². The molecule has 6 heteroatoms. The van der Waals surface area contributed by atoms with Gasteiger partial charge in [0.25, 0.3) is 0 Å². The van der Waals surface area contributed by atoms with Crippen LogP contribution >= 0.6 is 11.6 Å². The summed E-state index contributed by atoms with van der Waals surface area (Å²) in [5, 5.41) is 9.09. The zero-order valence-corrected chi connectivity index (χ0v) is 9.44. The van der Waals surface area contributed by atoms with Crippen LogP contribution in [0.25, 0.3) is 0 Å². The van der Waals surface area contributed by atoms with Gasteiger partial charge in [-0.2, -0.15) is 5.26 Å². The average Bonchev–Trinajstić information content (AvgIpc) is 2.28. The van der Waals surface area contributed by atoms with Crippen LogP contribution in [-0.2, 0) is 16.0 Å². The number of hydrogen-bond acceptors (Lipinski definition) is 5. The molecule has 1 aromatic heterocycles. The predicted octanol–water partition coefficient (Wildman–Crippen LogP) is 1.38. The summed E-state index contributed by atoms with van der Waals surface area (Å²) in [5.41, 5.74) is 0.531. The van der Waals surface area contributed by atoms with E-state index >= 15 is 0 Å². The summed E-state index contributed by atoms with van der Waals surface area (Å²) in [6.45, 7) is 1.94. The van der Waals surface area contributed by atoms with Gasteiger partial charge in [0.1, 0.15) is 11.1 Å². The van der Waals surface area contributed by atoms with E-state index in [1.54, 1.807) is 6.92 Å². The first kappa shape index (κ1) is 12.4. The van der Waals surface area contributed by atoms with E-state index in [0.29, 0.717) is 5.69 Å². The van der Waals surface area contributed by atoms with Gasteiger partial charge in [-0.05, 0) is 6.92 Å². The van der Waals surface area contributed by atoms with Crippen molar-refractivity contribution >= 4 is 17.6 Å². The highest BCUT2D eigenvalue weighted by Gasteiger charge is 2.20. The molecular formula is C10H10ClN3O2. The fourth-order valence-electron chi connectivity index (χ4n) is 1.08. The summed E-state index contributed by atoms with van der Waals surface area (Å²) in [5.74, 6) is -1.39. The Morgan fingerprint density at radius 3 is 2.88 bits per heavy atom. The number of carbonyl (C=O) groups is 1. The van der Waals surface area contributed by atoms with Gasteiger partial charge < -0.3 is 4.74 Å². The first-order chi connectivity index (χ1) is 7.67. The zero-order chi connectivity index (χ0) is 12.0. The van der Waals surface area contributed by atoms with Crippen LogP contribution in [0, 0.1) is 17.2 Å². The van der Waals surface area contributed by atoms with Crippen LogP contribution in [0.4, 0.5) is 0 Å². The Labute approximate surface area is 98.0 Å². The lowest BCUT2D eigenvalue weighted by Crippen LogP contribution is -2.19. The van der Waals surface area contributed by atoms with E-state index in [0.717, 1.165) is 0 Å². The zero-order valence-electron chi connectivity index (χ0n) is 8.68. The summed E-state index contributed by atoms with van der Waals surface area (Å²) >= 11 is 5.56. The largest absolute Gasteiger partial charge is 0.465 e. The molecule has 0 saturated carbocycles. The molecule has 1 heterocycles. The molecule has 16 heavy (non-hydrogen) atoms. The Morgan fingerprint density at radius 1 is 1.62 bits per heavy atom. The second-order valence-electron chi connectivity index (χ2n) is 2.97. The van der Waals surface area contributed by atoms with Crippen LogP contribution < -0.4 is 0 Å². The number of esters is 1. The molecule has 0 spiro atoms. The third kappa shape index (κ3) is 3.48. The highest BCUT2D eigenvalue weighted by molar-refractivity contribution is 6.29. The molecule has 5 nitrogen and oxygen atoms in total. The molecule has 1 rings (SSSR count). The Bertz CT molecular complexity index is 400. The maximum atomic E-state index is 11.3. The van der Waals surface area contributed by atoms with Gasteiger partial charge in [-0.3, -0.25) is 9.78 Å². The molecule has 1 aromatic rings. The van der Waals surface area contributed by atoms with Crippen molar-refractivity contribution in [1.29, 1.82) is 5.26 Å². The normalized spacial score (nSPS) is 11.6. The summed E-state index contributed by atoms with van der Waals surface area (Å²) in [6, 6.07) is 1.87. The van der Waals surface area contributed by atoms with Gasteiger partial charge in [0, 0.05) is 6.42 Å². The Kier molecular flexibility index (Phi) is 4.67. The fraction of sp³-hybridized carbons (Fsp3) is 0.400. The standard InChI is InChI=1S/C10H10ClN3O2/c1-2-16-10(15)7(4-12)3-8-5-14-9(11)6-13-8/h5-7H,2-3H2,1H3. The summed E-state index contributed by atoms with van der Waals surface area (Å²) in [4.78, 5) is 19.1. The number of halogens is 1. The summed E-state index contributed by atoms with van der Waals surface area (Å²) in [7, 11) is 0. The lowest BCUT2D eigenvalue weighted by Gasteiger charge is -2.07. The Hall–Kier alpha value is -1.67. The van der Waals surface area contributed by atoms with Gasteiger partial charge in [0.15, 0.2) is 0 Å². The van der Waals surface area contributed by atoms with Crippen molar-refractivity contribution in [1.82, 2.24) is 9.97 Å². The van der Waals surface area contributed by atoms with Crippen LogP contribution in [0.5, 0.6) is 0 Å². The smallest absolute Gasteiger partial charge is 0.323 e. The second kappa shape index (κ2) is 6.03. The molecule has 0 fully saturated rings. The lowest BCUT2D eigenvalue weighted by molar-refractivity contribution is -0.145. The molecule has 0 aliphatic carbocycles. The van der Waals surface area contributed by atoms with Crippen molar-refractivity contribution in [2.24, 2.45) is 5.92 Å². The first-order valence-corrected chi connectivity index (χ1v) is 5.07. The molecule has 0 radical (unpaired) electrons. The van der Waals surface area contributed by atoms with Crippen LogP contribution in [0.2, 0.25) is 5.15 Å². The monoisotopic (exact) mass is 239 g/mol. The number of ether oxygens (including phenoxy) is 1. The predicted molar refractivity (Wildman–Crippen MR) is 56.5 cm³/mol. The minimum atomic E-state index is -0.851. The Balaban J connectivity index is 2.67. The van der Waals surface area contributed by atoms with Crippen LogP contribution in [0.15, 0.2) is 12.4 Å². The van der Waals surface area contributed by atoms with E-state index in [-0.39, 0.29) is 18.2 Å². The van der Waals surface area contributed by atoms with E-state index in [1.165, 1.54) is 12.4 Å². The van der Waals surface area contributed by atoms with Crippen LogP contribution in [-0.4, -0.2) is 22.5 Å². The molecule has 0 aliphatic heterocycles. The topological polar surface area (TPSA) is 75.9 Å². The molecule has 1 unspecified atom stereocenters. The van der Waals surface area contributed by atoms with Gasteiger partial charge in [0.05, 0.1) is 30.8 Å². The van der Waals surface area contributed by atoms with Gasteiger partial charge in [-0.15, -0.1) is 0 Å². The first-order valence-electron chi connectivity index (χ1n) is 4.70. The number of aromatic nitrogens is 2. The van der Waals surface area contributed by atoms with Gasteiger partial charge in [-0.1, -0.05) is 11.6 Å². The van der Waals surface area contributed by atoms with E-state index in [2.05, 4.69) is 9.97 Å². The molecule has 0 N–H and O–H groups in total. The second-order valence-corrected chi connectivity index (χ2v) is 3.36. The van der Waals surface area contributed by atoms with Gasteiger partial charge >= 0.3 is 5.97 Å². The van der Waals surface area contributed by atoms with E-state index < -0.39 is 11.9 Å². The molecule has 0 amide bonds. The third-order valence-electron chi connectivity index (χ3n) is 1.81. The highest BCUT2D eigenvalue weighted by Crippen LogP contribution is 2.09. The lowest BCUT2D eigenvalue weighted by atomic mass is 10.1. The van der Waals surface area contributed by atoms with E-state index in [1.807, 2.05) is 6.07 Å². The number of carbonyl (C=O) groups excluding carboxylic acids is 1. The highest BCUT2D eigenvalue weighted by atomic mass is 35.5. The molecule has 1 atom stereocenters. The quantitative estimate of drug-likeness (QED) is 0.742. The maximum absolute atomic E-state index is 11.3. The number of nitriles is 1. The van der Waals surface area contributed by atoms with E-state index in [4.69, 9.17) is 21.6 Å². The molecule has 84 valence electrons. The number of nitrogens with zero attached hydrogens (tertiary/aromatic N) is 3. The maximum Gasteiger partial charge on any atom is 0.323 e. The molecule has 0 saturated heterocycles. The average molecular weight is 240 g/mol. The minimum absolute atomic E-state index is 0.180. The van der Waals surface area contributed by atoms with Crippen molar-refractivity contribution < 1.29 is 9.53 Å². The van der Waals surface area contributed by atoms with E-state index in [9.17, 15) is 4.79 Å². The summed E-state index contributed by atoms with van der Waals surface area (Å²) in [6.07, 6.45) is 2.99. The Morgan fingerprint density at radius 2 is 2.38 bits per heavy atom. The third-order valence-corrected chi connectivity index (χ3v) is 2.01. The molecular weight excluding hydrogens is 230 g/mol. The fourth-order valence-corrected chi connectivity index (χ4v) is 1.18. The van der Waals surface area contributed by atoms with Crippen molar-refractivity contribution in [3.05, 3.63) is 23.2 Å². The minimum Gasteiger partial charge on any atom is -0.465 e. The van der Waals surface area contributed by atoms with Gasteiger partial charge in [0.2, 0.25) is 0 Å². The van der Waals surface area contributed by atoms with Gasteiger partial charge in [-0.25, -0.2) is 4.98 Å². The molecule has 0 aromatic carbocycles.